The third kappa shape index (κ3) is 4.99. The summed E-state index contributed by atoms with van der Waals surface area (Å²) < 4.78 is 23.8. The minimum atomic E-state index is 0.496. The molecular weight excluding hydrogens is 474 g/mol. The Balaban J connectivity index is 1.86. The van der Waals surface area contributed by atoms with Gasteiger partial charge in [0.2, 0.25) is 10.6 Å². The largest absolute Gasteiger partial charge is 0.497 e. The first-order chi connectivity index (χ1) is 17.5. The van der Waals surface area contributed by atoms with Gasteiger partial charge in [-0.3, -0.25) is 4.99 Å². The van der Waals surface area contributed by atoms with Crippen LogP contribution in [-0.2, 0) is 0 Å². The number of benzene rings is 3. The number of hydrogen-bond acceptors (Lipinski definition) is 7. The Morgan fingerprint density at radius 1 is 0.917 bits per heavy atom. The fourth-order valence-electron chi connectivity index (χ4n) is 3.85. The smallest absolute Gasteiger partial charge is 0.206 e. The quantitative estimate of drug-likeness (QED) is 0.215. The van der Waals surface area contributed by atoms with Crippen LogP contribution >= 0.6 is 11.3 Å². The number of methoxy groups -OCH3 is 4. The molecule has 1 aromatic heterocycles. The van der Waals surface area contributed by atoms with Crippen LogP contribution in [0.15, 0.2) is 76.7 Å². The van der Waals surface area contributed by atoms with Crippen LogP contribution in [-0.4, -0.2) is 45.4 Å². The van der Waals surface area contributed by atoms with Crippen LogP contribution in [0.1, 0.15) is 12.5 Å². The Kier molecular flexibility index (Phi) is 7.75. The Labute approximate surface area is 214 Å². The number of aromatic nitrogens is 1. The summed E-state index contributed by atoms with van der Waals surface area (Å²) in [4.78, 5) is 5.44. The van der Waals surface area contributed by atoms with E-state index < -0.39 is 0 Å². The summed E-state index contributed by atoms with van der Waals surface area (Å²) in [6.45, 7) is 6.24. The van der Waals surface area contributed by atoms with Gasteiger partial charge in [-0.1, -0.05) is 24.3 Å². The van der Waals surface area contributed by atoms with Crippen LogP contribution in [0.3, 0.4) is 0 Å². The molecule has 0 saturated carbocycles. The molecule has 0 N–H and O–H groups in total. The first kappa shape index (κ1) is 25.1. The van der Waals surface area contributed by atoms with E-state index in [4.69, 9.17) is 24.0 Å². The molecule has 0 amide bonds. The molecule has 0 fully saturated rings. The van der Waals surface area contributed by atoms with E-state index >= 15 is 0 Å². The molecule has 0 saturated heterocycles. The molecule has 0 unspecified atom stereocenters. The molecular formula is C28H29N3O4S. The average molecular weight is 504 g/mol. The van der Waals surface area contributed by atoms with Crippen LogP contribution in [0.5, 0.6) is 23.0 Å². The Morgan fingerprint density at radius 2 is 1.61 bits per heavy atom. The van der Waals surface area contributed by atoms with Crippen LogP contribution in [0.2, 0.25) is 0 Å². The summed E-state index contributed by atoms with van der Waals surface area (Å²) in [6.07, 6.45) is 1.77. The summed E-state index contributed by atoms with van der Waals surface area (Å²) in [5.41, 5.74) is 3.58. The molecule has 0 spiro atoms. The molecule has 3 aromatic carbocycles. The minimum Gasteiger partial charge on any atom is -0.497 e. The summed E-state index contributed by atoms with van der Waals surface area (Å²) in [7, 11) is 6.45. The lowest BCUT2D eigenvalue weighted by Gasteiger charge is -2.14. The Morgan fingerprint density at radius 3 is 2.25 bits per heavy atom. The van der Waals surface area contributed by atoms with E-state index in [0.717, 1.165) is 43.9 Å². The predicted octanol–water partition coefficient (Wildman–Crippen LogP) is 5.76. The normalized spacial score (nSPS) is 12.0. The van der Waals surface area contributed by atoms with Gasteiger partial charge in [0, 0.05) is 16.5 Å². The fraction of sp³-hybridized carbons (Fsp3) is 0.214. The maximum absolute atomic E-state index is 5.53. The second-order valence-corrected chi connectivity index (χ2v) is 8.71. The molecule has 4 rings (SSSR count). The highest BCUT2D eigenvalue weighted by Crippen LogP contribution is 2.38. The average Bonchev–Trinajstić information content (AvgIpc) is 3.32. The minimum absolute atomic E-state index is 0.496. The van der Waals surface area contributed by atoms with Crippen molar-refractivity contribution in [3.8, 4) is 34.3 Å². The Bertz CT molecular complexity index is 1480. The van der Waals surface area contributed by atoms with E-state index in [1.165, 1.54) is 11.3 Å². The van der Waals surface area contributed by atoms with Gasteiger partial charge in [-0.05, 0) is 48.0 Å². The highest BCUT2D eigenvalue weighted by molar-refractivity contribution is 7.07. The van der Waals surface area contributed by atoms with Gasteiger partial charge in [-0.2, -0.15) is 5.10 Å². The zero-order valence-corrected chi connectivity index (χ0v) is 21.9. The van der Waals surface area contributed by atoms with E-state index in [1.807, 2.05) is 35.9 Å². The van der Waals surface area contributed by atoms with Crippen LogP contribution in [0.4, 0.5) is 0 Å². The second kappa shape index (κ2) is 11.1. The lowest BCUT2D eigenvalue weighted by Crippen LogP contribution is -2.14. The molecule has 1 heterocycles. The Hall–Kier alpha value is -4.04. The lowest BCUT2D eigenvalue weighted by molar-refractivity contribution is 0.324. The SMILES string of the molecule is C=CCN=c1scc(-c2ccc3cc(OC)ccc3c2)n1N=C(C)c1cc(OC)c(OC)c(OC)c1. The van der Waals surface area contributed by atoms with Crippen LogP contribution < -0.4 is 23.7 Å². The number of ether oxygens (including phenoxy) is 4. The third-order valence-corrected chi connectivity index (χ3v) is 6.57. The van der Waals surface area contributed by atoms with E-state index in [0.29, 0.717) is 23.8 Å². The highest BCUT2D eigenvalue weighted by Gasteiger charge is 2.16. The van der Waals surface area contributed by atoms with Crippen LogP contribution in [0, 0.1) is 0 Å². The molecule has 0 aliphatic carbocycles. The van der Waals surface area contributed by atoms with Gasteiger partial charge < -0.3 is 18.9 Å². The molecule has 0 aliphatic rings. The number of hydrogen-bond donors (Lipinski definition) is 0. The third-order valence-electron chi connectivity index (χ3n) is 5.72. The standard InChI is InChI=1S/C28H29N3O4S/c1-7-12-29-28-31(30-18(2)22-15-25(33-4)27(35-6)26(16-22)34-5)24(17-36-28)21-9-8-20-14-23(32-3)11-10-19(20)13-21/h7-11,13-17H,1,12H2,2-6H3. The van der Waals surface area contributed by atoms with Gasteiger partial charge in [-0.25, -0.2) is 4.68 Å². The summed E-state index contributed by atoms with van der Waals surface area (Å²) in [6, 6.07) is 16.1. The van der Waals surface area contributed by atoms with E-state index in [2.05, 4.69) is 41.2 Å². The maximum atomic E-state index is 5.53. The molecule has 8 heteroatoms. The second-order valence-electron chi connectivity index (χ2n) is 7.87. The topological polar surface area (TPSA) is 66.6 Å². The molecule has 186 valence electrons. The molecule has 0 aliphatic heterocycles. The summed E-state index contributed by atoms with van der Waals surface area (Å²) >= 11 is 1.53. The molecule has 0 radical (unpaired) electrons. The maximum Gasteiger partial charge on any atom is 0.206 e. The van der Waals surface area contributed by atoms with Crippen molar-refractivity contribution in [3.63, 3.8) is 0 Å². The molecule has 7 nitrogen and oxygen atoms in total. The van der Waals surface area contributed by atoms with Gasteiger partial charge >= 0.3 is 0 Å². The van der Waals surface area contributed by atoms with Gasteiger partial charge in [0.15, 0.2) is 11.5 Å². The fourth-order valence-corrected chi connectivity index (χ4v) is 4.69. The van der Waals surface area contributed by atoms with Crippen molar-refractivity contribution in [2.24, 2.45) is 10.1 Å². The van der Waals surface area contributed by atoms with E-state index in [9.17, 15) is 0 Å². The van der Waals surface area contributed by atoms with Crippen molar-refractivity contribution >= 4 is 27.8 Å². The van der Waals surface area contributed by atoms with E-state index in [-0.39, 0.29) is 0 Å². The van der Waals surface area contributed by atoms with Crippen molar-refractivity contribution < 1.29 is 18.9 Å². The highest BCUT2D eigenvalue weighted by atomic mass is 32.1. The number of nitrogens with zero attached hydrogens (tertiary/aromatic N) is 3. The first-order valence-corrected chi connectivity index (χ1v) is 12.2. The van der Waals surface area contributed by atoms with Crippen LogP contribution in [0.25, 0.3) is 22.0 Å². The molecule has 4 aromatic rings. The zero-order chi connectivity index (χ0) is 25.7. The summed E-state index contributed by atoms with van der Waals surface area (Å²) in [5, 5.41) is 9.26. The lowest BCUT2D eigenvalue weighted by atomic mass is 10.1. The molecule has 0 bridgehead atoms. The van der Waals surface area contributed by atoms with Gasteiger partial charge in [0.1, 0.15) is 5.75 Å². The molecule has 36 heavy (non-hydrogen) atoms. The van der Waals surface area contributed by atoms with Crippen molar-refractivity contribution in [1.29, 1.82) is 0 Å². The van der Waals surface area contributed by atoms with Crippen molar-refractivity contribution in [1.82, 2.24) is 4.68 Å². The zero-order valence-electron chi connectivity index (χ0n) is 21.1. The number of rotatable bonds is 9. The van der Waals surface area contributed by atoms with Gasteiger partial charge in [0.25, 0.3) is 0 Å². The summed E-state index contributed by atoms with van der Waals surface area (Å²) in [5.74, 6) is 2.50. The predicted molar refractivity (Wildman–Crippen MR) is 146 cm³/mol. The number of thiazole rings is 1. The monoisotopic (exact) mass is 503 g/mol. The molecule has 0 atom stereocenters. The number of fused-ring (bicyclic) bond motifs is 1. The van der Waals surface area contributed by atoms with E-state index in [1.54, 1.807) is 34.5 Å². The van der Waals surface area contributed by atoms with Crippen molar-refractivity contribution in [2.45, 2.75) is 6.92 Å². The van der Waals surface area contributed by atoms with Gasteiger partial charge in [-0.15, -0.1) is 17.9 Å². The first-order valence-electron chi connectivity index (χ1n) is 11.3. The van der Waals surface area contributed by atoms with Gasteiger partial charge in [0.05, 0.1) is 46.4 Å². The van der Waals surface area contributed by atoms with Crippen molar-refractivity contribution in [3.05, 3.63) is 76.9 Å². The van der Waals surface area contributed by atoms with Crippen molar-refractivity contribution in [2.75, 3.05) is 35.0 Å².